The van der Waals surface area contributed by atoms with E-state index in [1.807, 2.05) is 52.8 Å². The van der Waals surface area contributed by atoms with Crippen molar-refractivity contribution in [2.45, 2.75) is 64.8 Å². The Bertz CT molecular complexity index is 669. The topological polar surface area (TPSA) is 54.0 Å². The molecule has 0 N–H and O–H groups in total. The van der Waals surface area contributed by atoms with E-state index in [0.717, 1.165) is 5.46 Å². The van der Waals surface area contributed by atoms with Crippen LogP contribution in [0.25, 0.3) is 0 Å². The standard InChI is InChI=1S/C19H26BClO5/c1-6-23-17(22)12-9-14(10-12)24-16-8-7-13(11-15(16)21)20-25-18(2,3)19(4,5)26-20/h7-8,11-12,14H,6,9-10H2,1-5H3. The summed E-state index contributed by atoms with van der Waals surface area (Å²) in [6.45, 7) is 10.3. The van der Waals surface area contributed by atoms with Gasteiger partial charge in [0.25, 0.3) is 0 Å². The van der Waals surface area contributed by atoms with Gasteiger partial charge in [0.05, 0.1) is 28.7 Å². The maximum Gasteiger partial charge on any atom is 0.494 e. The van der Waals surface area contributed by atoms with E-state index in [4.69, 9.17) is 30.4 Å². The van der Waals surface area contributed by atoms with Crippen molar-refractivity contribution in [1.29, 1.82) is 0 Å². The first-order chi connectivity index (χ1) is 12.1. The molecule has 0 unspecified atom stereocenters. The zero-order valence-electron chi connectivity index (χ0n) is 16.0. The zero-order chi connectivity index (χ0) is 19.1. The van der Waals surface area contributed by atoms with Crippen LogP contribution >= 0.6 is 11.6 Å². The molecule has 1 aromatic carbocycles. The number of rotatable bonds is 5. The van der Waals surface area contributed by atoms with E-state index in [1.165, 1.54) is 0 Å². The predicted molar refractivity (Wildman–Crippen MR) is 101 cm³/mol. The summed E-state index contributed by atoms with van der Waals surface area (Å²) < 4.78 is 23.0. The van der Waals surface area contributed by atoms with E-state index in [-0.39, 0.29) is 18.0 Å². The lowest BCUT2D eigenvalue weighted by Gasteiger charge is -2.33. The lowest BCUT2D eigenvalue weighted by molar-refractivity contribution is -0.154. The number of benzene rings is 1. The van der Waals surface area contributed by atoms with E-state index < -0.39 is 18.3 Å². The molecule has 0 aromatic heterocycles. The summed E-state index contributed by atoms with van der Waals surface area (Å²) >= 11 is 6.40. The Labute approximate surface area is 160 Å². The normalized spacial score (nSPS) is 26.3. The number of hydrogen-bond donors (Lipinski definition) is 0. The molecule has 0 bridgehead atoms. The van der Waals surface area contributed by atoms with Gasteiger partial charge in [0.1, 0.15) is 11.9 Å². The number of esters is 1. The van der Waals surface area contributed by atoms with Gasteiger partial charge in [-0.05, 0) is 65.1 Å². The van der Waals surface area contributed by atoms with Crippen molar-refractivity contribution in [1.82, 2.24) is 0 Å². The highest BCUT2D eigenvalue weighted by molar-refractivity contribution is 6.62. The summed E-state index contributed by atoms with van der Waals surface area (Å²) in [6, 6.07) is 5.56. The van der Waals surface area contributed by atoms with Crippen molar-refractivity contribution in [3.63, 3.8) is 0 Å². The van der Waals surface area contributed by atoms with Gasteiger partial charge in [-0.15, -0.1) is 0 Å². The number of carbonyl (C=O) groups is 1. The average Bonchev–Trinajstić information content (AvgIpc) is 2.72. The molecule has 1 aliphatic heterocycles. The second-order valence-corrected chi connectivity index (χ2v) is 8.35. The second-order valence-electron chi connectivity index (χ2n) is 7.94. The molecule has 1 aromatic rings. The number of carbonyl (C=O) groups excluding carboxylic acids is 1. The lowest BCUT2D eigenvalue weighted by atomic mass is 9.79. The van der Waals surface area contributed by atoms with Gasteiger partial charge >= 0.3 is 13.1 Å². The first-order valence-electron chi connectivity index (χ1n) is 9.11. The molecule has 2 fully saturated rings. The fourth-order valence-corrected chi connectivity index (χ4v) is 3.27. The van der Waals surface area contributed by atoms with Crippen LogP contribution in [0.15, 0.2) is 18.2 Å². The highest BCUT2D eigenvalue weighted by Crippen LogP contribution is 2.38. The molecule has 0 atom stereocenters. The van der Waals surface area contributed by atoms with Crippen LogP contribution in [-0.4, -0.2) is 37.0 Å². The van der Waals surface area contributed by atoms with Crippen LogP contribution in [-0.2, 0) is 18.8 Å². The Balaban J connectivity index is 1.60. The molecule has 0 radical (unpaired) electrons. The molecule has 5 nitrogen and oxygen atoms in total. The molecule has 0 spiro atoms. The Morgan fingerprint density at radius 2 is 1.85 bits per heavy atom. The highest BCUT2D eigenvalue weighted by atomic mass is 35.5. The molecule has 3 rings (SSSR count). The fourth-order valence-electron chi connectivity index (χ4n) is 3.03. The molecule has 0 amide bonds. The maximum atomic E-state index is 11.7. The average molecular weight is 381 g/mol. The van der Waals surface area contributed by atoms with E-state index >= 15 is 0 Å². The molecular weight excluding hydrogens is 354 g/mol. The molecule has 7 heteroatoms. The second kappa shape index (κ2) is 7.06. The van der Waals surface area contributed by atoms with Gasteiger partial charge in [-0.3, -0.25) is 4.79 Å². The first-order valence-corrected chi connectivity index (χ1v) is 9.49. The fraction of sp³-hybridized carbons (Fsp3) is 0.632. The number of ether oxygens (including phenoxy) is 2. The van der Waals surface area contributed by atoms with Crippen molar-refractivity contribution in [2.75, 3.05) is 6.61 Å². The molecule has 26 heavy (non-hydrogen) atoms. The van der Waals surface area contributed by atoms with Gasteiger partial charge in [-0.2, -0.15) is 0 Å². The van der Waals surface area contributed by atoms with Gasteiger partial charge in [-0.1, -0.05) is 17.7 Å². The summed E-state index contributed by atoms with van der Waals surface area (Å²) in [5.74, 6) is 0.400. The van der Waals surface area contributed by atoms with E-state index in [9.17, 15) is 4.79 Å². The van der Waals surface area contributed by atoms with Crippen LogP contribution < -0.4 is 10.2 Å². The molecule has 1 heterocycles. The van der Waals surface area contributed by atoms with Crippen LogP contribution in [0.1, 0.15) is 47.5 Å². The van der Waals surface area contributed by atoms with Crippen LogP contribution in [0.4, 0.5) is 0 Å². The number of hydrogen-bond acceptors (Lipinski definition) is 5. The first kappa shape index (κ1) is 19.5. The molecule has 142 valence electrons. The van der Waals surface area contributed by atoms with Gasteiger partial charge in [0.15, 0.2) is 0 Å². The molecule has 1 saturated carbocycles. The maximum absolute atomic E-state index is 11.7. The third-order valence-corrected chi connectivity index (χ3v) is 5.79. The van der Waals surface area contributed by atoms with Crippen molar-refractivity contribution < 1.29 is 23.6 Å². The van der Waals surface area contributed by atoms with Crippen LogP contribution in [0, 0.1) is 5.92 Å². The quantitative estimate of drug-likeness (QED) is 0.579. The minimum Gasteiger partial charge on any atom is -0.489 e. The SMILES string of the molecule is CCOC(=O)C1CC(Oc2ccc(B3OC(C)(C)C(C)(C)O3)cc2Cl)C1. The van der Waals surface area contributed by atoms with E-state index in [0.29, 0.717) is 30.2 Å². The Morgan fingerprint density at radius 1 is 1.23 bits per heavy atom. The summed E-state index contributed by atoms with van der Waals surface area (Å²) in [4.78, 5) is 11.7. The van der Waals surface area contributed by atoms with Crippen LogP contribution in [0.5, 0.6) is 5.75 Å². The minimum atomic E-state index is -0.455. The van der Waals surface area contributed by atoms with E-state index in [1.54, 1.807) is 0 Å². The molecule has 1 aliphatic carbocycles. The van der Waals surface area contributed by atoms with Crippen molar-refractivity contribution in [3.8, 4) is 5.75 Å². The van der Waals surface area contributed by atoms with Crippen molar-refractivity contribution in [2.24, 2.45) is 5.92 Å². The molecule has 2 aliphatic rings. The Kier molecular flexibility index (Phi) is 5.30. The summed E-state index contributed by atoms with van der Waals surface area (Å²) in [5.41, 5.74) is 0.0692. The van der Waals surface area contributed by atoms with Crippen LogP contribution in [0.2, 0.25) is 5.02 Å². The van der Waals surface area contributed by atoms with Gasteiger partial charge in [0, 0.05) is 0 Å². The Hall–Kier alpha value is -1.24. The van der Waals surface area contributed by atoms with Gasteiger partial charge in [0.2, 0.25) is 0 Å². The third-order valence-electron chi connectivity index (χ3n) is 5.49. The summed E-state index contributed by atoms with van der Waals surface area (Å²) in [6.07, 6.45) is 1.31. The van der Waals surface area contributed by atoms with Gasteiger partial charge in [-0.25, -0.2) is 0 Å². The Morgan fingerprint density at radius 3 is 2.38 bits per heavy atom. The third kappa shape index (κ3) is 3.73. The highest BCUT2D eigenvalue weighted by Gasteiger charge is 2.51. The largest absolute Gasteiger partial charge is 0.494 e. The summed E-state index contributed by atoms with van der Waals surface area (Å²) in [5, 5.41) is 0.511. The molecular formula is C19H26BClO5. The number of halogens is 1. The van der Waals surface area contributed by atoms with E-state index in [2.05, 4.69) is 0 Å². The molecule has 1 saturated heterocycles. The van der Waals surface area contributed by atoms with Crippen molar-refractivity contribution >= 4 is 30.2 Å². The van der Waals surface area contributed by atoms with Crippen LogP contribution in [0.3, 0.4) is 0 Å². The zero-order valence-corrected chi connectivity index (χ0v) is 16.8. The lowest BCUT2D eigenvalue weighted by Crippen LogP contribution is -2.41. The summed E-state index contributed by atoms with van der Waals surface area (Å²) in [7, 11) is -0.455. The minimum absolute atomic E-state index is 0.00963. The smallest absolute Gasteiger partial charge is 0.489 e. The monoisotopic (exact) mass is 380 g/mol. The van der Waals surface area contributed by atoms with Gasteiger partial charge < -0.3 is 18.8 Å². The van der Waals surface area contributed by atoms with Crippen molar-refractivity contribution in [3.05, 3.63) is 23.2 Å². The predicted octanol–water partition coefficient (Wildman–Crippen LogP) is 3.36.